The fraction of sp³-hybridized carbons (Fsp3) is 0.308. The number of fused-ring (bicyclic) bond motifs is 1. The molecule has 5 aromatic rings. The molecule has 4 N–H and O–H groups in total. The topological polar surface area (TPSA) is 161 Å². The average molecular weight is 733 g/mol. The maximum absolute atomic E-state index is 16.2. The second-order valence-corrected chi connectivity index (χ2v) is 13.2. The van der Waals surface area contributed by atoms with Crippen molar-refractivity contribution >= 4 is 23.0 Å². The summed E-state index contributed by atoms with van der Waals surface area (Å²) in [4.78, 5) is 29.4. The maximum atomic E-state index is 16.2. The fourth-order valence-electron chi connectivity index (χ4n) is 7.00. The van der Waals surface area contributed by atoms with Crippen molar-refractivity contribution in [1.82, 2.24) is 9.55 Å². The van der Waals surface area contributed by atoms with E-state index in [1.54, 1.807) is 24.3 Å². The summed E-state index contributed by atoms with van der Waals surface area (Å²) in [6.07, 6.45) is -6.09. The fourth-order valence-corrected chi connectivity index (χ4v) is 7.00. The van der Waals surface area contributed by atoms with Gasteiger partial charge in [0.05, 0.1) is 22.2 Å². The molecule has 276 valence electrons. The van der Waals surface area contributed by atoms with Crippen LogP contribution in [0.1, 0.15) is 65.7 Å². The lowest BCUT2D eigenvalue weighted by Gasteiger charge is -2.37. The van der Waals surface area contributed by atoms with Gasteiger partial charge in [-0.2, -0.15) is 0 Å². The third kappa shape index (κ3) is 7.35. The molecule has 7 rings (SSSR count). The highest BCUT2D eigenvalue weighted by Gasteiger charge is 2.48. The highest BCUT2D eigenvalue weighted by atomic mass is 19.1. The van der Waals surface area contributed by atoms with E-state index in [4.69, 9.17) is 19.2 Å². The van der Waals surface area contributed by atoms with Crippen molar-refractivity contribution in [3.8, 4) is 17.1 Å². The number of carbonyl (C=O) groups is 2. The first-order chi connectivity index (χ1) is 25.5. The Balaban J connectivity index is 1.21. The Morgan fingerprint density at radius 3 is 2.11 bits per heavy atom. The largest absolute Gasteiger partial charge is 0.481 e. The van der Waals surface area contributed by atoms with Gasteiger partial charge < -0.3 is 39.2 Å². The SMILES string of the molecule is O=C(OC1OC(C(=O)O)C(O)C(O)C1O)c1ccc2c(c1)nc(-c1ccc(OC(c3cccc(F)c3)c3cccc(F)c3)cc1F)n2C1CCCCC1. The van der Waals surface area contributed by atoms with Gasteiger partial charge in [-0.15, -0.1) is 0 Å². The molecule has 53 heavy (non-hydrogen) atoms. The highest BCUT2D eigenvalue weighted by molar-refractivity contribution is 5.94. The minimum Gasteiger partial charge on any atom is -0.481 e. The van der Waals surface area contributed by atoms with Gasteiger partial charge in [-0.25, -0.2) is 27.7 Å². The van der Waals surface area contributed by atoms with Crippen molar-refractivity contribution in [3.05, 3.63) is 119 Å². The number of aromatic nitrogens is 2. The summed E-state index contributed by atoms with van der Waals surface area (Å²) in [6.45, 7) is 0. The Labute approximate surface area is 300 Å². The van der Waals surface area contributed by atoms with Crippen LogP contribution in [0.2, 0.25) is 0 Å². The van der Waals surface area contributed by atoms with Gasteiger partial charge in [0, 0.05) is 12.1 Å². The molecule has 1 aliphatic carbocycles. The van der Waals surface area contributed by atoms with E-state index >= 15 is 4.39 Å². The number of halogens is 3. The van der Waals surface area contributed by atoms with Gasteiger partial charge in [0.1, 0.15) is 53.4 Å². The van der Waals surface area contributed by atoms with Gasteiger partial charge in [-0.05, 0) is 78.6 Å². The number of carbonyl (C=O) groups excluding carboxylic acids is 1. The second-order valence-electron chi connectivity index (χ2n) is 13.2. The number of carboxylic acids is 1. The summed E-state index contributed by atoms with van der Waals surface area (Å²) in [5, 5.41) is 39.7. The molecule has 0 amide bonds. The molecule has 2 fully saturated rings. The zero-order valence-corrected chi connectivity index (χ0v) is 28.0. The lowest BCUT2D eigenvalue weighted by molar-refractivity contribution is -0.278. The van der Waals surface area contributed by atoms with Crippen molar-refractivity contribution in [2.45, 2.75) is 75.0 Å². The Hall–Kier alpha value is -5.28. The second kappa shape index (κ2) is 15.0. The predicted octanol–water partition coefficient (Wildman–Crippen LogP) is 5.84. The van der Waals surface area contributed by atoms with Crippen LogP contribution in [-0.2, 0) is 14.3 Å². The minimum atomic E-state index is -1.96. The third-order valence-corrected chi connectivity index (χ3v) is 9.64. The Kier molecular flexibility index (Phi) is 10.2. The van der Waals surface area contributed by atoms with E-state index in [0.29, 0.717) is 28.0 Å². The summed E-state index contributed by atoms with van der Waals surface area (Å²) in [7, 11) is 0. The molecule has 1 saturated carbocycles. The van der Waals surface area contributed by atoms with Crippen LogP contribution in [0.4, 0.5) is 13.2 Å². The van der Waals surface area contributed by atoms with Gasteiger partial charge in [0.25, 0.3) is 0 Å². The zero-order valence-electron chi connectivity index (χ0n) is 28.0. The molecule has 0 spiro atoms. The van der Waals surface area contributed by atoms with Crippen LogP contribution in [0.15, 0.2) is 84.9 Å². The van der Waals surface area contributed by atoms with Crippen molar-refractivity contribution < 1.29 is 57.4 Å². The molecule has 1 saturated heterocycles. The standard InChI is InChI=1S/C39H35F3N2O9/c40-23-8-4-6-20(16-23)34(21-7-5-9-24(41)17-21)51-26-13-14-27(28(42)19-26)36-43-29-18-22(12-15-30(29)44(36)25-10-2-1-3-11-25)38(50)53-39-33(47)31(45)32(46)35(52-39)37(48)49/h4-9,12-19,25,31-35,39,45-47H,1-3,10-11H2,(H,48,49). The Morgan fingerprint density at radius 2 is 1.49 bits per heavy atom. The molecule has 2 heterocycles. The van der Waals surface area contributed by atoms with Gasteiger partial charge >= 0.3 is 11.9 Å². The number of imidazole rings is 1. The molecule has 2 aliphatic rings. The minimum absolute atomic E-state index is 0.0335. The molecule has 4 aromatic carbocycles. The number of benzene rings is 4. The number of esters is 1. The van der Waals surface area contributed by atoms with E-state index in [9.17, 15) is 38.8 Å². The average Bonchev–Trinajstić information content (AvgIpc) is 3.52. The first-order valence-corrected chi connectivity index (χ1v) is 17.1. The molecule has 14 heteroatoms. The first kappa shape index (κ1) is 36.1. The van der Waals surface area contributed by atoms with E-state index in [2.05, 4.69) is 0 Å². The van der Waals surface area contributed by atoms with E-state index in [1.807, 2.05) is 4.57 Å². The van der Waals surface area contributed by atoms with Crippen LogP contribution in [0.3, 0.4) is 0 Å². The van der Waals surface area contributed by atoms with Crippen LogP contribution in [0, 0.1) is 17.5 Å². The van der Waals surface area contributed by atoms with Crippen LogP contribution >= 0.6 is 0 Å². The van der Waals surface area contributed by atoms with Gasteiger partial charge in [0.15, 0.2) is 6.10 Å². The summed E-state index contributed by atoms with van der Waals surface area (Å²) in [5.41, 5.74) is 1.81. The van der Waals surface area contributed by atoms with Crippen molar-refractivity contribution in [2.24, 2.45) is 0 Å². The van der Waals surface area contributed by atoms with E-state index in [0.717, 1.165) is 32.1 Å². The molecule has 11 nitrogen and oxygen atoms in total. The Bertz CT molecular complexity index is 2110. The van der Waals surface area contributed by atoms with Crippen LogP contribution in [0.25, 0.3) is 22.4 Å². The quantitative estimate of drug-likeness (QED) is 0.136. The molecule has 5 atom stereocenters. The summed E-state index contributed by atoms with van der Waals surface area (Å²) in [6, 6.07) is 20.0. The number of hydrogen-bond donors (Lipinski definition) is 4. The van der Waals surface area contributed by atoms with E-state index in [1.165, 1.54) is 60.7 Å². The molecule has 5 unspecified atom stereocenters. The van der Waals surface area contributed by atoms with Gasteiger partial charge in [-0.3, -0.25) is 0 Å². The summed E-state index contributed by atoms with van der Waals surface area (Å²) >= 11 is 0. The first-order valence-electron chi connectivity index (χ1n) is 17.1. The number of aliphatic carboxylic acids is 1. The molecular formula is C39H35F3N2O9. The molecule has 0 bridgehead atoms. The van der Waals surface area contributed by atoms with Crippen molar-refractivity contribution in [1.29, 1.82) is 0 Å². The highest BCUT2D eigenvalue weighted by Crippen LogP contribution is 2.39. The molecule has 0 radical (unpaired) electrons. The van der Waals surface area contributed by atoms with E-state index in [-0.39, 0.29) is 22.9 Å². The van der Waals surface area contributed by atoms with Gasteiger partial charge in [-0.1, -0.05) is 43.5 Å². The van der Waals surface area contributed by atoms with Crippen molar-refractivity contribution in [2.75, 3.05) is 0 Å². The maximum Gasteiger partial charge on any atom is 0.340 e. The molecule has 1 aromatic heterocycles. The van der Waals surface area contributed by atoms with Crippen LogP contribution in [0.5, 0.6) is 5.75 Å². The summed E-state index contributed by atoms with van der Waals surface area (Å²) in [5.74, 6) is -3.97. The number of ether oxygens (including phenoxy) is 3. The monoisotopic (exact) mass is 732 g/mol. The zero-order chi connectivity index (χ0) is 37.4. The third-order valence-electron chi connectivity index (χ3n) is 9.64. The lowest BCUT2D eigenvalue weighted by Crippen LogP contribution is -2.60. The summed E-state index contributed by atoms with van der Waals surface area (Å²) < 4.78 is 63.1. The number of nitrogens with zero attached hydrogens (tertiary/aromatic N) is 2. The van der Waals surface area contributed by atoms with E-state index < -0.39 is 66.2 Å². The molecule has 1 aliphatic heterocycles. The molecular weight excluding hydrogens is 697 g/mol. The normalized spacial score (nSPS) is 22.2. The lowest BCUT2D eigenvalue weighted by atomic mass is 9.94. The number of carboxylic acid groups (broad SMARTS) is 1. The van der Waals surface area contributed by atoms with Crippen molar-refractivity contribution in [3.63, 3.8) is 0 Å². The predicted molar refractivity (Wildman–Crippen MR) is 182 cm³/mol. The Morgan fingerprint density at radius 1 is 0.811 bits per heavy atom. The number of rotatable bonds is 9. The number of hydrogen-bond acceptors (Lipinski definition) is 9. The van der Waals surface area contributed by atoms with Crippen LogP contribution in [-0.4, -0.2) is 72.6 Å². The van der Waals surface area contributed by atoms with Gasteiger partial charge in [0.2, 0.25) is 6.29 Å². The number of aliphatic hydroxyl groups is 3. The van der Waals surface area contributed by atoms with Crippen LogP contribution < -0.4 is 4.74 Å². The smallest absolute Gasteiger partial charge is 0.340 e. The number of aliphatic hydroxyl groups excluding tert-OH is 3.